The topological polar surface area (TPSA) is 60.2 Å². The minimum Gasteiger partial charge on any atom is -0.486 e. The standard InChI is InChI=1S/C15H19N3O2/c1-11(19)12-5-4-6-13(9-12)20-10-15-17-16-14-7-2-3-8-18(14)15/h4-6,9,11,19H,2-3,7-8,10H2,1H3/t11-/m1/s1. The second-order valence-corrected chi connectivity index (χ2v) is 5.18. The number of aromatic nitrogens is 3. The van der Waals surface area contributed by atoms with Gasteiger partial charge in [0.15, 0.2) is 5.82 Å². The van der Waals surface area contributed by atoms with Crippen molar-refractivity contribution in [1.29, 1.82) is 0 Å². The zero-order valence-electron chi connectivity index (χ0n) is 11.6. The van der Waals surface area contributed by atoms with Crippen LogP contribution in [0, 0.1) is 0 Å². The number of aliphatic hydroxyl groups is 1. The lowest BCUT2D eigenvalue weighted by Gasteiger charge is -2.15. The van der Waals surface area contributed by atoms with Gasteiger partial charge in [-0.25, -0.2) is 0 Å². The van der Waals surface area contributed by atoms with E-state index in [-0.39, 0.29) is 0 Å². The first-order valence-corrected chi connectivity index (χ1v) is 7.06. The van der Waals surface area contributed by atoms with Crippen LogP contribution in [0.3, 0.4) is 0 Å². The maximum atomic E-state index is 9.58. The zero-order valence-corrected chi connectivity index (χ0v) is 11.6. The molecule has 0 fully saturated rings. The summed E-state index contributed by atoms with van der Waals surface area (Å²) in [6.07, 6.45) is 2.88. The highest BCUT2D eigenvalue weighted by Crippen LogP contribution is 2.20. The molecule has 0 saturated heterocycles. The molecule has 1 atom stereocenters. The molecule has 2 aromatic rings. The molecule has 5 nitrogen and oxygen atoms in total. The number of aliphatic hydroxyl groups excluding tert-OH is 1. The summed E-state index contributed by atoms with van der Waals surface area (Å²) in [5.74, 6) is 2.69. The van der Waals surface area contributed by atoms with Crippen molar-refractivity contribution in [2.24, 2.45) is 0 Å². The van der Waals surface area contributed by atoms with Gasteiger partial charge in [0.05, 0.1) is 6.10 Å². The van der Waals surface area contributed by atoms with Crippen LogP contribution in [0.5, 0.6) is 5.75 Å². The van der Waals surface area contributed by atoms with Crippen LogP contribution in [0.2, 0.25) is 0 Å². The van der Waals surface area contributed by atoms with Gasteiger partial charge in [-0.05, 0) is 37.5 Å². The predicted molar refractivity (Wildman–Crippen MR) is 74.4 cm³/mol. The van der Waals surface area contributed by atoms with Crippen molar-refractivity contribution in [3.05, 3.63) is 41.5 Å². The van der Waals surface area contributed by atoms with Crippen LogP contribution in [-0.4, -0.2) is 19.9 Å². The predicted octanol–water partition coefficient (Wildman–Crippen LogP) is 2.25. The number of ether oxygens (including phenoxy) is 1. The average Bonchev–Trinajstić information content (AvgIpc) is 2.89. The molecule has 1 aliphatic rings. The summed E-state index contributed by atoms with van der Waals surface area (Å²) in [7, 11) is 0. The fraction of sp³-hybridized carbons (Fsp3) is 0.467. The third-order valence-electron chi connectivity index (χ3n) is 3.64. The Morgan fingerprint density at radius 3 is 3.10 bits per heavy atom. The number of benzene rings is 1. The van der Waals surface area contributed by atoms with E-state index in [0.29, 0.717) is 6.61 Å². The van der Waals surface area contributed by atoms with E-state index in [0.717, 1.165) is 35.9 Å². The number of hydrogen-bond donors (Lipinski definition) is 1. The SMILES string of the molecule is C[C@@H](O)c1cccc(OCc2nnc3n2CCCC3)c1. The molecule has 0 bridgehead atoms. The Hall–Kier alpha value is -1.88. The van der Waals surface area contributed by atoms with Gasteiger partial charge in [-0.1, -0.05) is 12.1 Å². The number of nitrogens with zero attached hydrogens (tertiary/aromatic N) is 3. The van der Waals surface area contributed by atoms with Gasteiger partial charge in [0.25, 0.3) is 0 Å². The van der Waals surface area contributed by atoms with Crippen LogP contribution >= 0.6 is 0 Å². The van der Waals surface area contributed by atoms with Gasteiger partial charge in [-0.2, -0.15) is 0 Å². The first-order valence-electron chi connectivity index (χ1n) is 7.06. The van der Waals surface area contributed by atoms with Crippen molar-refractivity contribution >= 4 is 0 Å². The summed E-state index contributed by atoms with van der Waals surface area (Å²) in [4.78, 5) is 0. The maximum Gasteiger partial charge on any atom is 0.171 e. The first-order chi connectivity index (χ1) is 9.74. The van der Waals surface area contributed by atoms with Gasteiger partial charge >= 0.3 is 0 Å². The van der Waals surface area contributed by atoms with E-state index in [1.165, 1.54) is 12.8 Å². The number of hydrogen-bond acceptors (Lipinski definition) is 4. The molecule has 3 rings (SSSR count). The highest BCUT2D eigenvalue weighted by molar-refractivity contribution is 5.29. The third-order valence-corrected chi connectivity index (χ3v) is 3.64. The lowest BCUT2D eigenvalue weighted by atomic mass is 10.1. The maximum absolute atomic E-state index is 9.58. The summed E-state index contributed by atoms with van der Waals surface area (Å²) in [5, 5.41) is 18.0. The van der Waals surface area contributed by atoms with Crippen LogP contribution in [0.15, 0.2) is 24.3 Å². The summed E-state index contributed by atoms with van der Waals surface area (Å²) in [6.45, 7) is 3.14. The van der Waals surface area contributed by atoms with Crippen molar-refractivity contribution in [2.45, 2.75) is 45.4 Å². The van der Waals surface area contributed by atoms with Crippen molar-refractivity contribution < 1.29 is 9.84 Å². The molecule has 106 valence electrons. The molecule has 0 radical (unpaired) electrons. The van der Waals surface area contributed by atoms with E-state index in [1.54, 1.807) is 6.92 Å². The van der Waals surface area contributed by atoms with Gasteiger partial charge in [0, 0.05) is 13.0 Å². The second-order valence-electron chi connectivity index (χ2n) is 5.18. The van der Waals surface area contributed by atoms with Gasteiger partial charge in [0.2, 0.25) is 0 Å². The molecule has 1 N–H and O–H groups in total. The fourth-order valence-electron chi connectivity index (χ4n) is 2.49. The number of fused-ring (bicyclic) bond motifs is 1. The Labute approximate surface area is 118 Å². The van der Waals surface area contributed by atoms with Gasteiger partial charge < -0.3 is 14.4 Å². The molecular weight excluding hydrogens is 254 g/mol. The zero-order chi connectivity index (χ0) is 13.9. The molecule has 0 spiro atoms. The molecule has 2 heterocycles. The Balaban J connectivity index is 1.70. The number of aryl methyl sites for hydroxylation is 1. The Morgan fingerprint density at radius 2 is 2.25 bits per heavy atom. The van der Waals surface area contributed by atoms with Crippen molar-refractivity contribution in [2.75, 3.05) is 0 Å². The first kappa shape index (κ1) is 13.1. The Kier molecular flexibility index (Phi) is 3.69. The Bertz CT molecular complexity index is 593. The molecule has 1 aliphatic heterocycles. The van der Waals surface area contributed by atoms with E-state index in [4.69, 9.17) is 4.74 Å². The van der Waals surface area contributed by atoms with Crippen molar-refractivity contribution in [3.63, 3.8) is 0 Å². The van der Waals surface area contributed by atoms with Crippen molar-refractivity contribution in [3.8, 4) is 5.75 Å². The van der Waals surface area contributed by atoms with Crippen LogP contribution in [-0.2, 0) is 19.6 Å². The molecule has 1 aromatic carbocycles. The molecular formula is C15H19N3O2. The summed E-state index contributed by atoms with van der Waals surface area (Å²) in [5.41, 5.74) is 0.853. The molecule has 0 unspecified atom stereocenters. The molecule has 5 heteroatoms. The number of rotatable bonds is 4. The van der Waals surface area contributed by atoms with Crippen LogP contribution < -0.4 is 4.74 Å². The molecule has 0 aliphatic carbocycles. The van der Waals surface area contributed by atoms with E-state index >= 15 is 0 Å². The van der Waals surface area contributed by atoms with Crippen LogP contribution in [0.25, 0.3) is 0 Å². The van der Waals surface area contributed by atoms with E-state index in [9.17, 15) is 5.11 Å². The summed E-state index contributed by atoms with van der Waals surface area (Å²) in [6, 6.07) is 7.52. The minimum atomic E-state index is -0.487. The highest BCUT2D eigenvalue weighted by atomic mass is 16.5. The molecule has 20 heavy (non-hydrogen) atoms. The van der Waals surface area contributed by atoms with E-state index < -0.39 is 6.10 Å². The summed E-state index contributed by atoms with van der Waals surface area (Å²) >= 11 is 0. The monoisotopic (exact) mass is 273 g/mol. The third kappa shape index (κ3) is 2.67. The lowest BCUT2D eigenvalue weighted by Crippen LogP contribution is -2.14. The van der Waals surface area contributed by atoms with Gasteiger partial charge in [0.1, 0.15) is 18.2 Å². The fourth-order valence-corrected chi connectivity index (χ4v) is 2.49. The minimum absolute atomic E-state index is 0.413. The van der Waals surface area contributed by atoms with Gasteiger partial charge in [-0.15, -0.1) is 10.2 Å². The smallest absolute Gasteiger partial charge is 0.171 e. The quantitative estimate of drug-likeness (QED) is 0.928. The van der Waals surface area contributed by atoms with E-state index in [1.807, 2.05) is 24.3 Å². The molecule has 0 amide bonds. The van der Waals surface area contributed by atoms with Crippen LogP contribution in [0.4, 0.5) is 0 Å². The molecule has 0 saturated carbocycles. The average molecular weight is 273 g/mol. The normalized spacial score (nSPS) is 15.7. The lowest BCUT2D eigenvalue weighted by molar-refractivity contribution is 0.198. The van der Waals surface area contributed by atoms with Crippen molar-refractivity contribution in [1.82, 2.24) is 14.8 Å². The second kappa shape index (κ2) is 5.63. The summed E-state index contributed by atoms with van der Waals surface area (Å²) < 4.78 is 7.93. The highest BCUT2D eigenvalue weighted by Gasteiger charge is 2.15. The molecule has 1 aromatic heterocycles. The van der Waals surface area contributed by atoms with Gasteiger partial charge in [-0.3, -0.25) is 0 Å². The largest absolute Gasteiger partial charge is 0.486 e. The van der Waals surface area contributed by atoms with E-state index in [2.05, 4.69) is 14.8 Å². The Morgan fingerprint density at radius 1 is 1.35 bits per heavy atom. The van der Waals surface area contributed by atoms with Crippen LogP contribution in [0.1, 0.15) is 43.1 Å².